The van der Waals surface area contributed by atoms with Crippen LogP contribution in [0.25, 0.3) is 11.1 Å². The maximum absolute atomic E-state index is 12.0. The number of aliphatic carboxylic acids is 1. The summed E-state index contributed by atoms with van der Waals surface area (Å²) in [7, 11) is 0. The minimum atomic E-state index is -0.972. The molecule has 0 spiro atoms. The summed E-state index contributed by atoms with van der Waals surface area (Å²) in [6.45, 7) is 4.36. The standard InChI is InChI=1S/C22H22N2O4S/c1-3-5-19-23-12-17(14(2)20(22(27)28)18-6-4-11-29-18)24(19)13-15-7-9-16(10-8-15)21(25)26/h4,6-12H,3,5,13H2,1-2H3,(H,25,26)(H,27,28)/b20-14-. The Hall–Kier alpha value is -3.19. The predicted molar refractivity (Wildman–Crippen MR) is 113 cm³/mol. The van der Waals surface area contributed by atoms with E-state index in [0.29, 0.717) is 17.0 Å². The van der Waals surface area contributed by atoms with Crippen molar-refractivity contribution in [3.05, 3.63) is 75.5 Å². The number of nitrogens with zero attached hydrogens (tertiary/aromatic N) is 2. The minimum absolute atomic E-state index is 0.232. The fourth-order valence-electron chi connectivity index (χ4n) is 3.25. The quantitative estimate of drug-likeness (QED) is 0.527. The molecule has 3 aromatic rings. The molecule has 2 N–H and O–H groups in total. The van der Waals surface area contributed by atoms with Gasteiger partial charge in [0.05, 0.1) is 23.0 Å². The van der Waals surface area contributed by atoms with Gasteiger partial charge in [-0.25, -0.2) is 14.6 Å². The molecule has 0 aliphatic heterocycles. The molecular formula is C22H22N2O4S. The smallest absolute Gasteiger partial charge is 0.337 e. The first-order valence-corrected chi connectivity index (χ1v) is 10.1. The van der Waals surface area contributed by atoms with E-state index in [-0.39, 0.29) is 11.1 Å². The van der Waals surface area contributed by atoms with Crippen molar-refractivity contribution in [2.75, 3.05) is 0 Å². The second-order valence-corrected chi connectivity index (χ2v) is 7.63. The van der Waals surface area contributed by atoms with E-state index < -0.39 is 11.9 Å². The van der Waals surface area contributed by atoms with Gasteiger partial charge >= 0.3 is 11.9 Å². The molecule has 3 rings (SSSR count). The van der Waals surface area contributed by atoms with Crippen LogP contribution in [0, 0.1) is 0 Å². The van der Waals surface area contributed by atoms with Crippen LogP contribution in [0.4, 0.5) is 0 Å². The number of allylic oxidation sites excluding steroid dienone is 1. The Labute approximate surface area is 172 Å². The topological polar surface area (TPSA) is 92.4 Å². The van der Waals surface area contributed by atoms with Crippen molar-refractivity contribution < 1.29 is 19.8 Å². The fraction of sp³-hybridized carbons (Fsp3) is 0.227. The van der Waals surface area contributed by atoms with Crippen LogP contribution >= 0.6 is 11.3 Å². The van der Waals surface area contributed by atoms with Crippen molar-refractivity contribution in [1.29, 1.82) is 0 Å². The number of carboxylic acid groups (broad SMARTS) is 2. The minimum Gasteiger partial charge on any atom is -0.478 e. The Kier molecular flexibility index (Phi) is 6.29. The van der Waals surface area contributed by atoms with Gasteiger partial charge in [0.25, 0.3) is 0 Å². The van der Waals surface area contributed by atoms with Gasteiger partial charge in [-0.2, -0.15) is 0 Å². The first-order chi connectivity index (χ1) is 13.9. The van der Waals surface area contributed by atoms with Crippen molar-refractivity contribution in [1.82, 2.24) is 9.55 Å². The van der Waals surface area contributed by atoms with Crippen molar-refractivity contribution in [2.45, 2.75) is 33.2 Å². The Bertz CT molecular complexity index is 1050. The van der Waals surface area contributed by atoms with Gasteiger partial charge in [0, 0.05) is 17.8 Å². The number of aromatic nitrogens is 2. The fourth-order valence-corrected chi connectivity index (χ4v) is 4.07. The number of hydrogen-bond donors (Lipinski definition) is 2. The molecule has 2 aromatic heterocycles. The molecule has 0 amide bonds. The van der Waals surface area contributed by atoms with Crippen molar-refractivity contribution in [3.63, 3.8) is 0 Å². The molecule has 0 fully saturated rings. The first-order valence-electron chi connectivity index (χ1n) is 9.27. The summed E-state index contributed by atoms with van der Waals surface area (Å²) in [4.78, 5) is 28.3. The van der Waals surface area contributed by atoms with E-state index in [2.05, 4.69) is 11.9 Å². The van der Waals surface area contributed by atoms with Gasteiger partial charge in [-0.3, -0.25) is 0 Å². The lowest BCUT2D eigenvalue weighted by Crippen LogP contribution is -2.10. The number of benzene rings is 1. The van der Waals surface area contributed by atoms with Crippen LogP contribution in [-0.4, -0.2) is 31.7 Å². The molecule has 0 atom stereocenters. The van der Waals surface area contributed by atoms with Crippen LogP contribution < -0.4 is 0 Å². The van der Waals surface area contributed by atoms with E-state index in [0.717, 1.165) is 29.9 Å². The van der Waals surface area contributed by atoms with Gasteiger partial charge < -0.3 is 14.8 Å². The van der Waals surface area contributed by atoms with Crippen LogP contribution in [-0.2, 0) is 17.8 Å². The molecule has 0 unspecified atom stereocenters. The summed E-state index contributed by atoms with van der Waals surface area (Å²) in [5.74, 6) is -1.06. The van der Waals surface area contributed by atoms with E-state index in [9.17, 15) is 14.7 Å². The number of hydrogen-bond acceptors (Lipinski definition) is 4. The number of imidazole rings is 1. The molecule has 7 heteroatoms. The Morgan fingerprint density at radius 3 is 2.41 bits per heavy atom. The van der Waals surface area contributed by atoms with Crippen LogP contribution in [0.1, 0.15) is 52.6 Å². The molecule has 2 heterocycles. The molecule has 0 saturated carbocycles. The lowest BCUT2D eigenvalue weighted by molar-refractivity contribution is -0.130. The zero-order valence-electron chi connectivity index (χ0n) is 16.3. The average Bonchev–Trinajstić information content (AvgIpc) is 3.33. The molecule has 150 valence electrons. The lowest BCUT2D eigenvalue weighted by atomic mass is 10.0. The SMILES string of the molecule is CCCc1ncc(/C(C)=C(\C(=O)O)c2cccs2)n1Cc1ccc(C(=O)O)cc1. The molecule has 0 radical (unpaired) electrons. The highest BCUT2D eigenvalue weighted by Crippen LogP contribution is 2.30. The second-order valence-electron chi connectivity index (χ2n) is 6.68. The van der Waals surface area contributed by atoms with E-state index in [4.69, 9.17) is 5.11 Å². The molecule has 6 nitrogen and oxygen atoms in total. The van der Waals surface area contributed by atoms with Crippen LogP contribution in [0.15, 0.2) is 48.0 Å². The largest absolute Gasteiger partial charge is 0.478 e. The van der Waals surface area contributed by atoms with Gasteiger partial charge in [-0.1, -0.05) is 25.1 Å². The van der Waals surface area contributed by atoms with Crippen molar-refractivity contribution in [2.24, 2.45) is 0 Å². The number of carbonyl (C=O) groups is 2. The molecule has 0 bridgehead atoms. The van der Waals surface area contributed by atoms with E-state index in [1.807, 2.05) is 16.0 Å². The summed E-state index contributed by atoms with van der Waals surface area (Å²) in [5.41, 5.74) is 2.83. The molecule has 0 aliphatic carbocycles. The molecular weight excluding hydrogens is 388 g/mol. The van der Waals surface area contributed by atoms with Gasteiger partial charge in [0.2, 0.25) is 0 Å². The number of rotatable bonds is 8. The highest BCUT2D eigenvalue weighted by Gasteiger charge is 2.20. The zero-order chi connectivity index (χ0) is 21.0. The molecule has 29 heavy (non-hydrogen) atoms. The van der Waals surface area contributed by atoms with Crippen LogP contribution in [0.5, 0.6) is 0 Å². The van der Waals surface area contributed by atoms with Gasteiger partial charge in [0.1, 0.15) is 5.82 Å². The highest BCUT2D eigenvalue weighted by molar-refractivity contribution is 7.11. The third kappa shape index (κ3) is 4.46. The average molecular weight is 410 g/mol. The van der Waals surface area contributed by atoms with Crippen molar-refractivity contribution in [3.8, 4) is 0 Å². The Balaban J connectivity index is 2.07. The van der Waals surface area contributed by atoms with Crippen LogP contribution in [0.3, 0.4) is 0 Å². The maximum atomic E-state index is 12.0. The third-order valence-corrected chi connectivity index (χ3v) is 5.58. The number of thiophene rings is 1. The van der Waals surface area contributed by atoms with Gasteiger partial charge in [0.15, 0.2) is 0 Å². The summed E-state index contributed by atoms with van der Waals surface area (Å²) in [6.07, 6.45) is 3.40. The highest BCUT2D eigenvalue weighted by atomic mass is 32.1. The summed E-state index contributed by atoms with van der Waals surface area (Å²) < 4.78 is 2.02. The third-order valence-electron chi connectivity index (χ3n) is 4.69. The first kappa shape index (κ1) is 20.5. The Morgan fingerprint density at radius 2 is 1.86 bits per heavy atom. The zero-order valence-corrected chi connectivity index (χ0v) is 17.1. The van der Waals surface area contributed by atoms with Crippen LogP contribution in [0.2, 0.25) is 0 Å². The van der Waals surface area contributed by atoms with E-state index in [1.165, 1.54) is 11.3 Å². The predicted octanol–water partition coefficient (Wildman–Crippen LogP) is 4.66. The molecule has 1 aromatic carbocycles. The lowest BCUT2D eigenvalue weighted by Gasteiger charge is -2.14. The van der Waals surface area contributed by atoms with E-state index in [1.54, 1.807) is 43.5 Å². The summed E-state index contributed by atoms with van der Waals surface area (Å²) in [5, 5.41) is 20.8. The second kappa shape index (κ2) is 8.87. The number of carboxylic acids is 2. The number of aryl methyl sites for hydroxylation is 1. The maximum Gasteiger partial charge on any atom is 0.337 e. The molecule has 0 aliphatic rings. The molecule has 0 saturated heterocycles. The van der Waals surface area contributed by atoms with E-state index >= 15 is 0 Å². The number of aromatic carboxylic acids is 1. The normalized spacial score (nSPS) is 11.9. The monoisotopic (exact) mass is 410 g/mol. The summed E-state index contributed by atoms with van der Waals surface area (Å²) >= 11 is 1.39. The van der Waals surface area contributed by atoms with Gasteiger partial charge in [-0.15, -0.1) is 11.3 Å². The van der Waals surface area contributed by atoms with Crippen molar-refractivity contribution >= 4 is 34.4 Å². The van der Waals surface area contributed by atoms with Gasteiger partial charge in [-0.05, 0) is 48.1 Å². The Morgan fingerprint density at radius 1 is 1.14 bits per heavy atom. The summed E-state index contributed by atoms with van der Waals surface area (Å²) in [6, 6.07) is 10.3.